The van der Waals surface area contributed by atoms with E-state index in [1.165, 1.54) is 16.8 Å². The maximum atomic E-state index is 13.4. The zero-order chi connectivity index (χ0) is 21.4. The minimum Gasteiger partial charge on any atom is 1.00 e. The van der Waals surface area contributed by atoms with Crippen molar-refractivity contribution in [3.05, 3.63) is 60.2 Å². The van der Waals surface area contributed by atoms with Crippen molar-refractivity contribution in [1.82, 2.24) is 0 Å². The van der Waals surface area contributed by atoms with Crippen LogP contribution in [0, 0.1) is 0 Å². The molecule has 2 aromatic rings. The largest absolute Gasteiger partial charge is 1.00 e. The number of alkyl halides is 3. The van der Waals surface area contributed by atoms with Crippen LogP contribution >= 0.6 is 7.81 Å². The number of anilines is 2. The molecular formula is C16H16F9N2P. The van der Waals surface area contributed by atoms with Gasteiger partial charge >= 0.3 is 40.6 Å². The molecule has 1 atom stereocenters. The van der Waals surface area contributed by atoms with Crippen LogP contribution in [0.1, 0.15) is 6.99 Å². The zero-order valence-corrected chi connectivity index (χ0v) is 15.1. The number of hydrogen-bond donors (Lipinski definition) is 0. The number of halogens is 9. The molecule has 0 N–H and O–H groups in total. The molecule has 0 saturated heterocycles. The van der Waals surface area contributed by atoms with Crippen LogP contribution in [0.5, 0.6) is 0 Å². The van der Waals surface area contributed by atoms with Crippen LogP contribution in [-0.4, -0.2) is 19.4 Å². The van der Waals surface area contributed by atoms with E-state index < -0.39 is 20.2 Å². The molecule has 28 heavy (non-hydrogen) atoms. The van der Waals surface area contributed by atoms with Gasteiger partial charge in [0.2, 0.25) is 6.17 Å². The Balaban J connectivity index is 0.000000456. The van der Waals surface area contributed by atoms with Gasteiger partial charge < -0.3 is 9.80 Å². The van der Waals surface area contributed by atoms with E-state index in [2.05, 4.69) is 0 Å². The first-order chi connectivity index (χ1) is 12.4. The summed E-state index contributed by atoms with van der Waals surface area (Å²) < 4.78 is 99.5. The van der Waals surface area contributed by atoms with E-state index in [1.54, 1.807) is 24.3 Å². The van der Waals surface area contributed by atoms with Gasteiger partial charge in [0.15, 0.2) is 0 Å². The van der Waals surface area contributed by atoms with Crippen LogP contribution in [0.3, 0.4) is 0 Å². The van der Waals surface area contributed by atoms with Gasteiger partial charge in [-0.15, -0.1) is 0 Å². The monoisotopic (exact) mass is 438 g/mol. The fourth-order valence-corrected chi connectivity index (χ4v) is 2.83. The third-order valence-corrected chi connectivity index (χ3v) is 3.72. The molecule has 12 heteroatoms. The molecule has 0 aromatic heterocycles. The molecule has 1 aliphatic heterocycles. The molecule has 1 heterocycles. The standard InChI is InChI=1S/C16H15F3N2.F6P/c1-20-13-9-5-6-10-14(13)21(15(20)16(17,18)19)11-12-7-3-2-4-8-12;1-7(2,3,4,5)6/h2-10,15H,11H2,1H3;/q;-1/p+1. The molecular weight excluding hydrogens is 422 g/mol. The van der Waals surface area contributed by atoms with E-state index in [0.717, 1.165) is 5.56 Å². The zero-order valence-electron chi connectivity index (χ0n) is 15.2. The summed E-state index contributed by atoms with van der Waals surface area (Å²) in [6.45, 7) is 0.229. The molecule has 158 valence electrons. The van der Waals surface area contributed by atoms with Crippen molar-refractivity contribution in [1.29, 1.82) is 0 Å². The van der Waals surface area contributed by atoms with Crippen molar-refractivity contribution >= 4 is 19.2 Å². The Morgan fingerprint density at radius 2 is 1.25 bits per heavy atom. The summed E-state index contributed by atoms with van der Waals surface area (Å²) in [4.78, 5) is 2.70. The molecule has 0 bridgehead atoms. The Kier molecular flexibility index (Phi) is 5.09. The molecule has 3 rings (SSSR count). The van der Waals surface area contributed by atoms with Crippen molar-refractivity contribution in [3.8, 4) is 0 Å². The summed E-state index contributed by atoms with van der Waals surface area (Å²) in [5, 5.41) is 0. The summed E-state index contributed by atoms with van der Waals surface area (Å²) in [5.74, 6) is 0. The van der Waals surface area contributed by atoms with Gasteiger partial charge in [-0.3, -0.25) is 0 Å². The van der Waals surface area contributed by atoms with Gasteiger partial charge in [0.25, 0.3) is 0 Å². The average Bonchev–Trinajstić information content (AvgIpc) is 2.78. The number of nitrogens with zero attached hydrogens (tertiary/aromatic N) is 2. The predicted octanol–water partition coefficient (Wildman–Crippen LogP) is 7.53. The first kappa shape index (κ1) is 22.1. The fourth-order valence-electron chi connectivity index (χ4n) is 2.83. The Hall–Kier alpha value is -2.16. The fraction of sp³-hybridized carbons (Fsp3) is 0.250. The van der Waals surface area contributed by atoms with E-state index >= 15 is 0 Å². The van der Waals surface area contributed by atoms with E-state index in [0.29, 0.717) is 11.4 Å². The Morgan fingerprint density at radius 3 is 1.71 bits per heavy atom. The Morgan fingerprint density at radius 1 is 0.821 bits per heavy atom. The average molecular weight is 438 g/mol. The first-order valence-electron chi connectivity index (χ1n) is 7.69. The normalized spacial score (nSPS) is 19.3. The third-order valence-electron chi connectivity index (χ3n) is 3.72. The van der Waals surface area contributed by atoms with Gasteiger partial charge in [0, 0.05) is 13.6 Å². The van der Waals surface area contributed by atoms with Crippen molar-refractivity contribution in [3.63, 3.8) is 0 Å². The van der Waals surface area contributed by atoms with E-state index in [9.17, 15) is 38.4 Å². The predicted molar refractivity (Wildman–Crippen MR) is 92.0 cm³/mol. The Labute approximate surface area is 155 Å². The number of benzene rings is 2. The van der Waals surface area contributed by atoms with Gasteiger partial charge in [-0.25, -0.2) is 0 Å². The summed E-state index contributed by atoms with van der Waals surface area (Å²) in [5.41, 5.74) is 2.08. The smallest absolute Gasteiger partial charge is 1.00 e. The summed E-state index contributed by atoms with van der Waals surface area (Å²) in [6.07, 6.45) is -5.95. The van der Waals surface area contributed by atoms with Gasteiger partial charge in [-0.2, -0.15) is 13.2 Å². The second-order valence-corrected chi connectivity index (χ2v) is 8.00. The van der Waals surface area contributed by atoms with Crippen molar-refractivity contribution in [2.75, 3.05) is 16.8 Å². The van der Waals surface area contributed by atoms with Crippen LogP contribution in [0.2, 0.25) is 0 Å². The number of rotatable bonds is 2. The molecule has 1 unspecified atom stereocenters. The number of hydrogen-bond acceptors (Lipinski definition) is 2. The van der Waals surface area contributed by atoms with Gasteiger partial charge in [-0.1, -0.05) is 42.5 Å². The molecule has 0 fully saturated rings. The quantitative estimate of drug-likeness (QED) is 0.353. The van der Waals surface area contributed by atoms with Crippen molar-refractivity contribution in [2.45, 2.75) is 18.9 Å². The minimum atomic E-state index is -10.7. The maximum Gasteiger partial charge on any atom is 1.00 e. The number of para-hydroxylation sites is 2. The van der Waals surface area contributed by atoms with E-state index in [1.807, 2.05) is 30.3 Å². The summed E-state index contributed by atoms with van der Waals surface area (Å²) in [7, 11) is -9.17. The second-order valence-electron chi connectivity index (χ2n) is 6.09. The SMILES string of the molecule is CN1c2ccccc2N(Cc2ccccc2)C1C(F)(F)F.F[P-](F)(F)(F)(F)F.[H+]. The van der Waals surface area contributed by atoms with E-state index in [-0.39, 0.29) is 7.97 Å². The molecule has 0 spiro atoms. The van der Waals surface area contributed by atoms with Crippen molar-refractivity contribution < 1.29 is 39.8 Å². The van der Waals surface area contributed by atoms with Gasteiger partial charge in [-0.05, 0) is 17.7 Å². The molecule has 2 nitrogen and oxygen atoms in total. The molecule has 2 aromatic carbocycles. The molecule has 0 radical (unpaired) electrons. The topological polar surface area (TPSA) is 6.48 Å². The van der Waals surface area contributed by atoms with Crippen LogP contribution < -0.4 is 9.80 Å². The van der Waals surface area contributed by atoms with Crippen LogP contribution in [0.25, 0.3) is 0 Å². The summed E-state index contributed by atoms with van der Waals surface area (Å²) in [6, 6.07) is 16.2. The van der Waals surface area contributed by atoms with E-state index in [4.69, 9.17) is 0 Å². The van der Waals surface area contributed by atoms with Gasteiger partial charge in [0.05, 0.1) is 11.4 Å². The molecule has 0 aliphatic carbocycles. The molecule has 1 aliphatic rings. The molecule has 0 amide bonds. The third kappa shape index (κ3) is 6.78. The summed E-state index contributed by atoms with van der Waals surface area (Å²) >= 11 is 0. The maximum absolute atomic E-state index is 13.4. The number of fused-ring (bicyclic) bond motifs is 1. The van der Waals surface area contributed by atoms with Crippen molar-refractivity contribution in [2.24, 2.45) is 0 Å². The Bertz CT molecular complexity index is 814. The van der Waals surface area contributed by atoms with Crippen LogP contribution in [-0.2, 0) is 6.54 Å². The first-order valence-corrected chi connectivity index (χ1v) is 9.72. The molecule has 0 saturated carbocycles. The second kappa shape index (κ2) is 6.43. The minimum absolute atomic E-state index is 0. The van der Waals surface area contributed by atoms with Crippen LogP contribution in [0.15, 0.2) is 54.6 Å². The van der Waals surface area contributed by atoms with Crippen LogP contribution in [0.4, 0.5) is 49.7 Å². The van der Waals surface area contributed by atoms with Gasteiger partial charge in [0.1, 0.15) is 0 Å².